The Labute approximate surface area is 260 Å². The van der Waals surface area contributed by atoms with Gasteiger partial charge in [0.1, 0.15) is 48.4 Å². The van der Waals surface area contributed by atoms with Crippen molar-refractivity contribution in [3.63, 3.8) is 0 Å². The summed E-state index contributed by atoms with van der Waals surface area (Å²) >= 11 is 0. The summed E-state index contributed by atoms with van der Waals surface area (Å²) in [6.07, 6.45) is -3.36. The molecule has 4 rings (SSSR count). The molecule has 0 aliphatic carbocycles. The minimum absolute atomic E-state index is 0.0342. The van der Waals surface area contributed by atoms with Crippen LogP contribution in [0.2, 0.25) is 0 Å². The van der Waals surface area contributed by atoms with Crippen LogP contribution >= 0.6 is 0 Å². The van der Waals surface area contributed by atoms with Crippen LogP contribution in [0, 0.1) is 16.7 Å². The van der Waals surface area contributed by atoms with Gasteiger partial charge >= 0.3 is 11.9 Å². The van der Waals surface area contributed by atoms with E-state index in [-0.39, 0.29) is 23.4 Å². The smallest absolute Gasteiger partial charge is 0.323 e. The van der Waals surface area contributed by atoms with Crippen LogP contribution in [-0.2, 0) is 45.4 Å². The van der Waals surface area contributed by atoms with E-state index >= 15 is 0 Å². The SMILES string of the molecule is COC(C)(C)C(=O)Nc1ncnn2c([C@]3(C#N)O[C@H](COC(=O)Cc4ccccc4)[C@@H](OC(=O)[C@@H](N)C(C)(C)C)[C@H]3O)ccc12. The van der Waals surface area contributed by atoms with E-state index in [4.69, 9.17) is 24.7 Å². The molecule has 0 saturated carbocycles. The maximum absolute atomic E-state index is 13.1. The van der Waals surface area contributed by atoms with Crippen molar-refractivity contribution in [3.8, 4) is 6.07 Å². The number of nitriles is 1. The molecule has 2 aromatic heterocycles. The number of carbonyl (C=O) groups is 3. The van der Waals surface area contributed by atoms with Crippen LogP contribution in [0.15, 0.2) is 48.8 Å². The van der Waals surface area contributed by atoms with E-state index in [2.05, 4.69) is 15.4 Å². The standard InChI is InChI=1S/C31H38N6O8/c1-29(2,3)24(33)27(40)44-23-20(15-43-22(38)14-18-10-8-7-9-11-18)45-31(16-32,25(23)39)21-13-12-19-26(34-17-35-37(19)21)36-28(41)30(4,5)42-6/h7-13,17,20,23-25,39H,14-15,33H2,1-6H3,(H,34,35,36,41)/t20-,23-,24-,25-,31+/m1/s1. The fourth-order valence-electron chi connectivity index (χ4n) is 4.65. The molecule has 1 aromatic carbocycles. The summed E-state index contributed by atoms with van der Waals surface area (Å²) in [6, 6.07) is 12.9. The number of aliphatic hydroxyl groups excluding tert-OH is 1. The maximum Gasteiger partial charge on any atom is 0.323 e. The molecule has 45 heavy (non-hydrogen) atoms. The van der Waals surface area contributed by atoms with E-state index in [1.807, 2.05) is 12.1 Å². The summed E-state index contributed by atoms with van der Waals surface area (Å²) in [5.41, 5.74) is 3.16. The third-order valence-electron chi connectivity index (χ3n) is 7.76. The molecule has 1 aliphatic heterocycles. The first-order valence-corrected chi connectivity index (χ1v) is 14.3. The molecule has 0 bridgehead atoms. The zero-order valence-electron chi connectivity index (χ0n) is 26.0. The van der Waals surface area contributed by atoms with Gasteiger partial charge in [-0.25, -0.2) is 9.50 Å². The van der Waals surface area contributed by atoms with Gasteiger partial charge in [-0.3, -0.25) is 14.4 Å². The average Bonchev–Trinajstić information content (AvgIpc) is 3.55. The third kappa shape index (κ3) is 6.81. The van der Waals surface area contributed by atoms with Crippen LogP contribution in [0.25, 0.3) is 5.52 Å². The summed E-state index contributed by atoms with van der Waals surface area (Å²) in [5.74, 6) is -1.81. The number of esters is 2. The normalized spacial score (nSPS) is 22.4. The lowest BCUT2D eigenvalue weighted by molar-refractivity contribution is -0.163. The first-order chi connectivity index (χ1) is 21.1. The van der Waals surface area contributed by atoms with Crippen molar-refractivity contribution in [2.75, 3.05) is 19.0 Å². The summed E-state index contributed by atoms with van der Waals surface area (Å²) in [5, 5.41) is 29.0. The Morgan fingerprint density at radius 1 is 1.18 bits per heavy atom. The Morgan fingerprint density at radius 2 is 1.87 bits per heavy atom. The average molecular weight is 623 g/mol. The Morgan fingerprint density at radius 3 is 2.49 bits per heavy atom. The van der Waals surface area contributed by atoms with Crippen LogP contribution in [0.4, 0.5) is 5.82 Å². The highest BCUT2D eigenvalue weighted by Crippen LogP contribution is 2.42. The second-order valence-corrected chi connectivity index (χ2v) is 12.3. The number of nitrogens with zero attached hydrogens (tertiary/aromatic N) is 4. The number of carbonyl (C=O) groups excluding carboxylic acids is 3. The van der Waals surface area contributed by atoms with Gasteiger partial charge in [-0.05, 0) is 37.0 Å². The van der Waals surface area contributed by atoms with E-state index in [1.165, 1.54) is 23.8 Å². The van der Waals surface area contributed by atoms with Gasteiger partial charge in [0.2, 0.25) is 5.60 Å². The zero-order chi connectivity index (χ0) is 33.2. The second-order valence-electron chi connectivity index (χ2n) is 12.3. The van der Waals surface area contributed by atoms with Gasteiger partial charge in [0.25, 0.3) is 5.91 Å². The number of hydrogen-bond acceptors (Lipinski definition) is 12. The zero-order valence-corrected chi connectivity index (χ0v) is 26.0. The largest absolute Gasteiger partial charge is 0.463 e. The van der Waals surface area contributed by atoms with Crippen LogP contribution in [0.3, 0.4) is 0 Å². The molecule has 5 atom stereocenters. The van der Waals surface area contributed by atoms with Gasteiger partial charge in [-0.2, -0.15) is 10.4 Å². The highest BCUT2D eigenvalue weighted by atomic mass is 16.6. The molecule has 1 saturated heterocycles. The number of fused-ring (bicyclic) bond motifs is 1. The van der Waals surface area contributed by atoms with E-state index in [9.17, 15) is 24.8 Å². The highest BCUT2D eigenvalue weighted by molar-refractivity contribution is 5.98. The van der Waals surface area contributed by atoms with E-state index in [0.717, 1.165) is 11.9 Å². The molecule has 0 spiro atoms. The lowest BCUT2D eigenvalue weighted by atomic mass is 9.87. The number of nitrogens with one attached hydrogen (secondary N) is 1. The minimum atomic E-state index is -2.15. The molecule has 3 aromatic rings. The summed E-state index contributed by atoms with van der Waals surface area (Å²) in [7, 11) is 1.40. The van der Waals surface area contributed by atoms with E-state index in [1.54, 1.807) is 58.9 Å². The minimum Gasteiger partial charge on any atom is -0.463 e. The van der Waals surface area contributed by atoms with Crippen LogP contribution in [-0.4, -0.2) is 81.2 Å². The van der Waals surface area contributed by atoms with Crippen LogP contribution < -0.4 is 11.1 Å². The molecule has 0 radical (unpaired) electrons. The first-order valence-electron chi connectivity index (χ1n) is 14.3. The van der Waals surface area contributed by atoms with Crippen molar-refractivity contribution in [2.45, 2.75) is 76.6 Å². The van der Waals surface area contributed by atoms with E-state index < -0.39 is 65.4 Å². The number of anilines is 1. The van der Waals surface area contributed by atoms with Gasteiger partial charge in [0, 0.05) is 7.11 Å². The van der Waals surface area contributed by atoms with E-state index in [0.29, 0.717) is 0 Å². The number of ether oxygens (including phenoxy) is 4. The lowest BCUT2D eigenvalue weighted by Crippen LogP contribution is -2.49. The van der Waals surface area contributed by atoms with Crippen molar-refractivity contribution in [1.82, 2.24) is 14.6 Å². The molecule has 3 heterocycles. The van der Waals surface area contributed by atoms with Crippen molar-refractivity contribution in [2.24, 2.45) is 11.1 Å². The summed E-state index contributed by atoms with van der Waals surface area (Å²) in [4.78, 5) is 42.7. The topological polar surface area (TPSA) is 200 Å². The number of rotatable bonds is 10. The summed E-state index contributed by atoms with van der Waals surface area (Å²) in [6.45, 7) is 7.97. The van der Waals surface area contributed by atoms with Gasteiger partial charge in [0.15, 0.2) is 11.9 Å². The van der Waals surface area contributed by atoms with Crippen molar-refractivity contribution in [3.05, 3.63) is 60.0 Å². The number of aliphatic hydroxyl groups is 1. The predicted octanol–water partition coefficient (Wildman–Crippen LogP) is 1.64. The first kappa shape index (κ1) is 33.5. The predicted molar refractivity (Wildman–Crippen MR) is 159 cm³/mol. The van der Waals surface area contributed by atoms with Gasteiger partial charge in [-0.1, -0.05) is 51.1 Å². The second kappa shape index (κ2) is 12.9. The monoisotopic (exact) mass is 622 g/mol. The molecular weight excluding hydrogens is 584 g/mol. The molecule has 14 nitrogen and oxygen atoms in total. The number of hydrogen-bond donors (Lipinski definition) is 3. The number of benzene rings is 1. The molecule has 4 N–H and O–H groups in total. The summed E-state index contributed by atoms with van der Waals surface area (Å²) < 4.78 is 23.8. The highest BCUT2D eigenvalue weighted by Gasteiger charge is 2.60. The van der Waals surface area contributed by atoms with Gasteiger partial charge < -0.3 is 35.1 Å². The van der Waals surface area contributed by atoms with Gasteiger partial charge in [0.05, 0.1) is 12.1 Å². The van der Waals surface area contributed by atoms with Crippen molar-refractivity contribution >= 4 is 29.2 Å². The molecule has 1 aliphatic rings. The fraction of sp³-hybridized carbons (Fsp3) is 0.484. The Kier molecular flexibility index (Phi) is 9.59. The number of methoxy groups -OCH3 is 1. The fourth-order valence-corrected chi connectivity index (χ4v) is 4.65. The maximum atomic E-state index is 13.1. The molecule has 240 valence electrons. The van der Waals surface area contributed by atoms with Gasteiger partial charge in [-0.15, -0.1) is 0 Å². The number of aromatic nitrogens is 3. The molecule has 14 heteroatoms. The number of nitrogens with two attached hydrogens (primary N) is 1. The lowest BCUT2D eigenvalue weighted by Gasteiger charge is -2.29. The molecule has 1 fully saturated rings. The third-order valence-corrected chi connectivity index (χ3v) is 7.76. The number of amides is 1. The van der Waals surface area contributed by atoms with Crippen molar-refractivity contribution < 1.29 is 38.4 Å². The van der Waals surface area contributed by atoms with Crippen LogP contribution in [0.1, 0.15) is 45.9 Å². The Hall–Kier alpha value is -4.42. The molecule has 0 unspecified atom stereocenters. The van der Waals surface area contributed by atoms with Crippen molar-refractivity contribution in [1.29, 1.82) is 5.26 Å². The Balaban J connectivity index is 1.68. The quantitative estimate of drug-likeness (QED) is 0.277. The molecular formula is C31H38N6O8. The van der Waals surface area contributed by atoms with Crippen LogP contribution in [0.5, 0.6) is 0 Å². The molecule has 1 amide bonds. The Bertz CT molecular complexity index is 1590.